The molecule has 1 aliphatic rings. The normalized spacial score (nSPS) is 14.6. The van der Waals surface area contributed by atoms with Gasteiger partial charge in [0, 0.05) is 44.8 Å². The van der Waals surface area contributed by atoms with Crippen molar-refractivity contribution >= 4 is 17.5 Å². The topological polar surface area (TPSA) is 64.7 Å². The maximum absolute atomic E-state index is 12.4. The second-order valence-electron chi connectivity index (χ2n) is 6.56. The summed E-state index contributed by atoms with van der Waals surface area (Å²) in [6, 6.07) is 5.97. The second-order valence-corrected chi connectivity index (χ2v) is 6.56. The first-order valence-corrected chi connectivity index (χ1v) is 9.08. The lowest BCUT2D eigenvalue weighted by Crippen LogP contribution is -2.47. The molecule has 0 atom stereocenters. The molecule has 138 valence electrons. The van der Waals surface area contributed by atoms with Gasteiger partial charge in [-0.2, -0.15) is 0 Å². The largest absolute Gasteiger partial charge is 0.340 e. The van der Waals surface area contributed by atoms with Gasteiger partial charge in [-0.3, -0.25) is 14.5 Å². The summed E-state index contributed by atoms with van der Waals surface area (Å²) in [4.78, 5) is 28.6. The van der Waals surface area contributed by atoms with Crippen molar-refractivity contribution in [2.75, 3.05) is 51.1 Å². The van der Waals surface area contributed by atoms with Crippen molar-refractivity contribution in [1.82, 2.24) is 15.1 Å². The van der Waals surface area contributed by atoms with E-state index in [1.54, 1.807) is 0 Å². The van der Waals surface area contributed by atoms with Crippen LogP contribution in [0.15, 0.2) is 18.2 Å². The number of rotatable bonds is 7. The van der Waals surface area contributed by atoms with Crippen molar-refractivity contribution in [2.24, 2.45) is 0 Å². The minimum absolute atomic E-state index is 0.0335. The minimum Gasteiger partial charge on any atom is -0.340 e. The monoisotopic (exact) mass is 346 g/mol. The summed E-state index contributed by atoms with van der Waals surface area (Å²) in [5.74, 6) is 0.143. The summed E-state index contributed by atoms with van der Waals surface area (Å²) >= 11 is 0. The van der Waals surface area contributed by atoms with Gasteiger partial charge in [0.05, 0.1) is 6.54 Å². The summed E-state index contributed by atoms with van der Waals surface area (Å²) in [6.07, 6.45) is 0.463. The van der Waals surface area contributed by atoms with Gasteiger partial charge in [-0.15, -0.1) is 0 Å². The summed E-state index contributed by atoms with van der Waals surface area (Å²) < 4.78 is 0. The molecule has 0 spiro atoms. The van der Waals surface area contributed by atoms with Crippen molar-refractivity contribution in [3.63, 3.8) is 0 Å². The number of hydrogen-bond acceptors (Lipinski definition) is 4. The highest BCUT2D eigenvalue weighted by atomic mass is 16.2. The molecular weight excluding hydrogens is 316 g/mol. The molecule has 0 radical (unpaired) electrons. The Morgan fingerprint density at radius 2 is 1.84 bits per heavy atom. The quantitative estimate of drug-likeness (QED) is 0.783. The first-order valence-electron chi connectivity index (χ1n) is 9.08. The number of amides is 2. The van der Waals surface area contributed by atoms with E-state index in [1.807, 2.05) is 48.8 Å². The Morgan fingerprint density at radius 1 is 1.20 bits per heavy atom. The van der Waals surface area contributed by atoms with Crippen LogP contribution in [0.5, 0.6) is 0 Å². The van der Waals surface area contributed by atoms with Crippen LogP contribution in [0.1, 0.15) is 24.5 Å². The summed E-state index contributed by atoms with van der Waals surface area (Å²) in [6.45, 7) is 10.9. The van der Waals surface area contributed by atoms with Gasteiger partial charge in [-0.05, 0) is 31.5 Å². The maximum atomic E-state index is 12.4. The van der Waals surface area contributed by atoms with E-state index in [-0.39, 0.29) is 11.8 Å². The number of aryl methyl sites for hydroxylation is 2. The van der Waals surface area contributed by atoms with Crippen LogP contribution in [0, 0.1) is 13.8 Å². The van der Waals surface area contributed by atoms with Crippen LogP contribution in [0.3, 0.4) is 0 Å². The van der Waals surface area contributed by atoms with Gasteiger partial charge in [0.15, 0.2) is 0 Å². The standard InChI is InChI=1S/C19H30N4O2/c1-4-22(11-8-18(25)23-12-9-20-10-13-23)14-17(24)21-19-15(2)6-5-7-16(19)3/h5-7,20H,4,8-14H2,1-3H3,(H,21,24). The zero-order chi connectivity index (χ0) is 18.2. The number of likely N-dealkylation sites (N-methyl/N-ethyl adjacent to an activating group) is 1. The predicted octanol–water partition coefficient (Wildman–Crippen LogP) is 1.39. The van der Waals surface area contributed by atoms with Crippen molar-refractivity contribution in [2.45, 2.75) is 27.2 Å². The summed E-state index contributed by atoms with van der Waals surface area (Å²) in [7, 11) is 0. The number of carbonyl (C=O) groups is 2. The van der Waals surface area contributed by atoms with E-state index in [4.69, 9.17) is 0 Å². The number of hydrogen-bond donors (Lipinski definition) is 2. The predicted molar refractivity (Wildman–Crippen MR) is 101 cm³/mol. The van der Waals surface area contributed by atoms with E-state index >= 15 is 0 Å². The van der Waals surface area contributed by atoms with Crippen LogP contribution in [-0.2, 0) is 9.59 Å². The lowest BCUT2D eigenvalue weighted by atomic mass is 10.1. The van der Waals surface area contributed by atoms with Gasteiger partial charge in [-0.25, -0.2) is 0 Å². The third kappa shape index (κ3) is 5.83. The Bertz CT molecular complexity index is 577. The molecule has 0 unspecified atom stereocenters. The van der Waals surface area contributed by atoms with E-state index < -0.39 is 0 Å². The van der Waals surface area contributed by atoms with E-state index in [2.05, 4.69) is 10.6 Å². The first-order chi connectivity index (χ1) is 12.0. The molecule has 0 aliphatic carbocycles. The van der Waals surface area contributed by atoms with Crippen LogP contribution in [0.25, 0.3) is 0 Å². The number of nitrogens with zero attached hydrogens (tertiary/aromatic N) is 2. The highest BCUT2D eigenvalue weighted by Crippen LogP contribution is 2.19. The van der Waals surface area contributed by atoms with E-state index in [0.717, 1.165) is 49.5 Å². The van der Waals surface area contributed by atoms with Crippen molar-refractivity contribution in [1.29, 1.82) is 0 Å². The molecule has 1 aromatic rings. The SMILES string of the molecule is CCN(CCC(=O)N1CCNCC1)CC(=O)Nc1c(C)cccc1C. The molecule has 2 amide bonds. The number of nitrogens with one attached hydrogen (secondary N) is 2. The van der Waals surface area contributed by atoms with Gasteiger partial charge in [0.1, 0.15) is 0 Å². The van der Waals surface area contributed by atoms with Crippen LogP contribution >= 0.6 is 0 Å². The fourth-order valence-corrected chi connectivity index (χ4v) is 3.07. The van der Waals surface area contributed by atoms with Crippen LogP contribution in [-0.4, -0.2) is 67.4 Å². The summed E-state index contributed by atoms with van der Waals surface area (Å²) in [5, 5.41) is 6.26. The lowest BCUT2D eigenvalue weighted by molar-refractivity contribution is -0.132. The number of piperazine rings is 1. The first kappa shape index (κ1) is 19.4. The van der Waals surface area contributed by atoms with Crippen LogP contribution in [0.4, 0.5) is 5.69 Å². The third-order valence-corrected chi connectivity index (χ3v) is 4.67. The van der Waals surface area contributed by atoms with E-state index in [1.165, 1.54) is 0 Å². The fraction of sp³-hybridized carbons (Fsp3) is 0.579. The molecule has 25 heavy (non-hydrogen) atoms. The number of anilines is 1. The van der Waals surface area contributed by atoms with Gasteiger partial charge in [0.2, 0.25) is 11.8 Å². The molecule has 1 fully saturated rings. The van der Waals surface area contributed by atoms with Crippen molar-refractivity contribution in [3.05, 3.63) is 29.3 Å². The molecule has 6 nitrogen and oxygen atoms in total. The van der Waals surface area contributed by atoms with E-state index in [9.17, 15) is 9.59 Å². The zero-order valence-electron chi connectivity index (χ0n) is 15.6. The molecule has 0 bridgehead atoms. The molecule has 2 N–H and O–H groups in total. The Kier molecular flexibility index (Phi) is 7.40. The highest BCUT2D eigenvalue weighted by Gasteiger charge is 2.18. The van der Waals surface area contributed by atoms with Gasteiger partial charge < -0.3 is 15.5 Å². The zero-order valence-corrected chi connectivity index (χ0v) is 15.6. The molecule has 1 aromatic carbocycles. The van der Waals surface area contributed by atoms with Gasteiger partial charge in [-0.1, -0.05) is 25.1 Å². The molecule has 1 aliphatic heterocycles. The van der Waals surface area contributed by atoms with Crippen molar-refractivity contribution in [3.8, 4) is 0 Å². The Hall–Kier alpha value is -1.92. The Labute approximate surface area is 150 Å². The van der Waals surface area contributed by atoms with E-state index in [0.29, 0.717) is 19.5 Å². The van der Waals surface area contributed by atoms with Gasteiger partial charge >= 0.3 is 0 Å². The second kappa shape index (κ2) is 9.53. The summed E-state index contributed by atoms with van der Waals surface area (Å²) in [5.41, 5.74) is 3.01. The molecule has 6 heteroatoms. The Balaban J connectivity index is 1.82. The number of benzene rings is 1. The number of para-hydroxylation sites is 1. The van der Waals surface area contributed by atoms with Gasteiger partial charge in [0.25, 0.3) is 0 Å². The van der Waals surface area contributed by atoms with Crippen molar-refractivity contribution < 1.29 is 9.59 Å². The lowest BCUT2D eigenvalue weighted by Gasteiger charge is -2.28. The smallest absolute Gasteiger partial charge is 0.238 e. The molecule has 1 saturated heterocycles. The number of carbonyl (C=O) groups excluding carboxylic acids is 2. The molecule has 1 heterocycles. The molecule has 0 aromatic heterocycles. The van der Waals surface area contributed by atoms with Crippen LogP contribution in [0.2, 0.25) is 0 Å². The maximum Gasteiger partial charge on any atom is 0.238 e. The molecule has 0 saturated carbocycles. The minimum atomic E-state index is -0.0335. The fourth-order valence-electron chi connectivity index (χ4n) is 3.07. The Morgan fingerprint density at radius 3 is 2.44 bits per heavy atom. The highest BCUT2D eigenvalue weighted by molar-refractivity contribution is 5.93. The average molecular weight is 346 g/mol. The van der Waals surface area contributed by atoms with Crippen LogP contribution < -0.4 is 10.6 Å². The third-order valence-electron chi connectivity index (χ3n) is 4.67. The molecule has 2 rings (SSSR count). The molecular formula is C19H30N4O2. The average Bonchev–Trinajstić information content (AvgIpc) is 2.62.